The van der Waals surface area contributed by atoms with Crippen molar-refractivity contribution in [3.63, 3.8) is 0 Å². The van der Waals surface area contributed by atoms with Gasteiger partial charge in [-0.1, -0.05) is 0 Å². The van der Waals surface area contributed by atoms with Gasteiger partial charge in [0, 0.05) is 12.8 Å². The second-order valence-electron chi connectivity index (χ2n) is 2.30. The lowest BCUT2D eigenvalue weighted by atomic mass is 10.3. The van der Waals surface area contributed by atoms with E-state index in [1.807, 2.05) is 0 Å². The Kier molecular flexibility index (Phi) is 26.1. The van der Waals surface area contributed by atoms with Crippen LogP contribution < -0.4 is 11.8 Å². The molecule has 0 aliphatic heterocycles. The van der Waals surface area contributed by atoms with Gasteiger partial charge in [0.25, 0.3) is 0 Å². The van der Waals surface area contributed by atoms with Gasteiger partial charge in [0.2, 0.25) is 0 Å². The van der Waals surface area contributed by atoms with Gasteiger partial charge in [-0.05, 0) is 12.8 Å². The van der Waals surface area contributed by atoms with Crippen molar-refractivity contribution < 1.29 is 9.68 Å². The van der Waals surface area contributed by atoms with Crippen LogP contribution in [0.4, 0.5) is 0 Å². The van der Waals surface area contributed by atoms with Gasteiger partial charge in [0.1, 0.15) is 0 Å². The van der Waals surface area contributed by atoms with E-state index in [2.05, 4.69) is 21.5 Å². The van der Waals surface area contributed by atoms with E-state index >= 15 is 0 Å². The van der Waals surface area contributed by atoms with Crippen molar-refractivity contribution in [3.8, 4) is 11.8 Å². The van der Waals surface area contributed by atoms with Gasteiger partial charge in [-0.2, -0.15) is 0 Å². The standard InChI is InChI=1S/C8H16N2O2.2ClH/c9-11-7-5-3-1-2-4-6-8-12-10;;/h3-10H2;2*1H. The highest BCUT2D eigenvalue weighted by atomic mass is 35.5. The van der Waals surface area contributed by atoms with Gasteiger partial charge >= 0.3 is 0 Å². The summed E-state index contributed by atoms with van der Waals surface area (Å²) < 4.78 is 0. The topological polar surface area (TPSA) is 70.5 Å². The summed E-state index contributed by atoms with van der Waals surface area (Å²) in [6, 6.07) is 0. The quantitative estimate of drug-likeness (QED) is 0.418. The minimum absolute atomic E-state index is 0. The van der Waals surface area contributed by atoms with Crippen molar-refractivity contribution in [1.29, 1.82) is 0 Å². The van der Waals surface area contributed by atoms with Crippen LogP contribution >= 0.6 is 24.8 Å². The molecule has 6 heteroatoms. The molecular formula is C8H18Cl2N2O2. The van der Waals surface area contributed by atoms with Crippen LogP contribution in [0, 0.1) is 11.8 Å². The first-order valence-electron chi connectivity index (χ1n) is 4.01. The number of nitrogens with two attached hydrogens (primary N) is 2. The molecule has 86 valence electrons. The van der Waals surface area contributed by atoms with E-state index < -0.39 is 0 Å². The molecule has 0 spiro atoms. The Morgan fingerprint density at radius 2 is 1.14 bits per heavy atom. The molecule has 0 unspecified atom stereocenters. The predicted molar refractivity (Wildman–Crippen MR) is 61.0 cm³/mol. The van der Waals surface area contributed by atoms with Gasteiger partial charge in [0.15, 0.2) is 0 Å². The summed E-state index contributed by atoms with van der Waals surface area (Å²) in [7, 11) is 0. The van der Waals surface area contributed by atoms with E-state index in [0.29, 0.717) is 13.2 Å². The zero-order valence-corrected chi connectivity index (χ0v) is 9.66. The summed E-state index contributed by atoms with van der Waals surface area (Å²) in [5.74, 6) is 15.7. The lowest BCUT2D eigenvalue weighted by molar-refractivity contribution is 0.136. The third-order valence-corrected chi connectivity index (χ3v) is 1.25. The Balaban J connectivity index is -0.000000605. The maximum absolute atomic E-state index is 4.83. The van der Waals surface area contributed by atoms with E-state index in [9.17, 15) is 0 Å². The highest BCUT2D eigenvalue weighted by molar-refractivity contribution is 5.85. The van der Waals surface area contributed by atoms with E-state index in [1.54, 1.807) is 0 Å². The van der Waals surface area contributed by atoms with Gasteiger partial charge in [0.05, 0.1) is 13.2 Å². The smallest absolute Gasteiger partial charge is 0.0688 e. The van der Waals surface area contributed by atoms with Crippen LogP contribution in [0.25, 0.3) is 0 Å². The number of hydrogen-bond donors (Lipinski definition) is 2. The maximum atomic E-state index is 4.83. The van der Waals surface area contributed by atoms with Gasteiger partial charge < -0.3 is 9.68 Å². The fourth-order valence-corrected chi connectivity index (χ4v) is 0.665. The van der Waals surface area contributed by atoms with E-state index in [-0.39, 0.29) is 24.8 Å². The molecule has 0 aliphatic carbocycles. The Morgan fingerprint density at radius 1 is 0.786 bits per heavy atom. The molecule has 0 heterocycles. The summed E-state index contributed by atoms with van der Waals surface area (Å²) in [5, 5.41) is 0. The maximum Gasteiger partial charge on any atom is 0.0688 e. The van der Waals surface area contributed by atoms with Gasteiger partial charge in [-0.15, -0.1) is 36.7 Å². The molecule has 0 aromatic heterocycles. The Hall–Kier alpha value is -0.0200. The number of hydrogen-bond acceptors (Lipinski definition) is 4. The molecular weight excluding hydrogens is 227 g/mol. The molecule has 14 heavy (non-hydrogen) atoms. The van der Waals surface area contributed by atoms with Crippen molar-refractivity contribution in [2.75, 3.05) is 13.2 Å². The molecule has 0 radical (unpaired) electrons. The van der Waals surface area contributed by atoms with Crippen LogP contribution in [-0.2, 0) is 9.68 Å². The normalized spacial score (nSPS) is 7.86. The lowest BCUT2D eigenvalue weighted by Gasteiger charge is -1.91. The molecule has 0 aromatic carbocycles. The van der Waals surface area contributed by atoms with Crippen LogP contribution in [0.15, 0.2) is 0 Å². The van der Waals surface area contributed by atoms with Crippen molar-refractivity contribution >= 4 is 24.8 Å². The summed E-state index contributed by atoms with van der Waals surface area (Å²) in [4.78, 5) is 8.77. The number of halogens is 2. The van der Waals surface area contributed by atoms with E-state index in [4.69, 9.17) is 11.8 Å². The second kappa shape index (κ2) is 18.7. The Labute approximate surface area is 97.4 Å². The van der Waals surface area contributed by atoms with Crippen molar-refractivity contribution in [2.45, 2.75) is 25.7 Å². The number of unbranched alkanes of at least 4 members (excludes halogenated alkanes) is 2. The highest BCUT2D eigenvalue weighted by Gasteiger charge is 1.82. The van der Waals surface area contributed by atoms with E-state index in [1.165, 1.54) is 0 Å². The Morgan fingerprint density at radius 3 is 1.43 bits per heavy atom. The summed E-state index contributed by atoms with van der Waals surface area (Å²) in [6.07, 6.45) is 3.44. The third-order valence-electron chi connectivity index (χ3n) is 1.25. The summed E-state index contributed by atoms with van der Waals surface area (Å²) in [6.45, 7) is 1.14. The molecule has 0 saturated carbocycles. The highest BCUT2D eigenvalue weighted by Crippen LogP contribution is 1.88. The largest absolute Gasteiger partial charge is 0.305 e. The second-order valence-corrected chi connectivity index (χ2v) is 2.30. The number of rotatable bonds is 6. The molecule has 0 atom stereocenters. The van der Waals surface area contributed by atoms with Gasteiger partial charge in [-0.25, -0.2) is 11.8 Å². The minimum Gasteiger partial charge on any atom is -0.305 e. The zero-order chi connectivity index (χ0) is 9.07. The van der Waals surface area contributed by atoms with Crippen LogP contribution in [0.2, 0.25) is 0 Å². The summed E-state index contributed by atoms with van der Waals surface area (Å²) in [5.41, 5.74) is 0. The first-order chi connectivity index (χ1) is 5.91. The SMILES string of the molecule is Cl.Cl.NOCCCC#CCCCON. The first kappa shape index (κ1) is 19.5. The molecule has 0 fully saturated rings. The fourth-order valence-electron chi connectivity index (χ4n) is 0.665. The van der Waals surface area contributed by atoms with Gasteiger partial charge in [-0.3, -0.25) is 0 Å². The molecule has 4 N–H and O–H groups in total. The van der Waals surface area contributed by atoms with E-state index in [0.717, 1.165) is 25.7 Å². The van der Waals surface area contributed by atoms with Crippen LogP contribution in [0.1, 0.15) is 25.7 Å². The molecule has 0 bridgehead atoms. The molecule has 4 nitrogen and oxygen atoms in total. The fraction of sp³-hybridized carbons (Fsp3) is 0.750. The van der Waals surface area contributed by atoms with Crippen LogP contribution in [0.5, 0.6) is 0 Å². The molecule has 0 aliphatic rings. The first-order valence-corrected chi connectivity index (χ1v) is 4.01. The van der Waals surface area contributed by atoms with Crippen molar-refractivity contribution in [1.82, 2.24) is 0 Å². The minimum atomic E-state index is 0. The molecule has 0 amide bonds. The monoisotopic (exact) mass is 244 g/mol. The Bertz CT molecular complexity index is 134. The molecule has 0 saturated heterocycles. The average Bonchev–Trinajstić information content (AvgIpc) is 2.10. The zero-order valence-electron chi connectivity index (χ0n) is 8.03. The third kappa shape index (κ3) is 17.9. The summed E-state index contributed by atoms with van der Waals surface area (Å²) >= 11 is 0. The average molecular weight is 245 g/mol. The molecule has 0 rings (SSSR count). The van der Waals surface area contributed by atoms with Crippen molar-refractivity contribution in [3.05, 3.63) is 0 Å². The predicted octanol–water partition coefficient (Wildman–Crippen LogP) is 1.17. The molecule has 0 aromatic rings. The van der Waals surface area contributed by atoms with Crippen LogP contribution in [0.3, 0.4) is 0 Å². The van der Waals surface area contributed by atoms with Crippen molar-refractivity contribution in [2.24, 2.45) is 11.8 Å². The lowest BCUT2D eigenvalue weighted by Crippen LogP contribution is -2.00. The van der Waals surface area contributed by atoms with Crippen LogP contribution in [-0.4, -0.2) is 13.2 Å².